The zero-order chi connectivity index (χ0) is 14.9. The smallest absolute Gasteiger partial charge is 0.224 e. The monoisotopic (exact) mass is 281 g/mol. The molecule has 1 amide bonds. The van der Waals surface area contributed by atoms with Crippen molar-refractivity contribution in [3.05, 3.63) is 72.8 Å². The van der Waals surface area contributed by atoms with Gasteiger partial charge in [0.05, 0.1) is 0 Å². The summed E-state index contributed by atoms with van der Waals surface area (Å²) in [5.74, 6) is 0.718. The fraction of sp³-hybridized carbons (Fsp3) is 0.167. The second-order valence-corrected chi connectivity index (χ2v) is 4.66. The zero-order valence-electron chi connectivity index (χ0n) is 11.9. The number of anilines is 1. The van der Waals surface area contributed by atoms with Gasteiger partial charge in [-0.15, -0.1) is 0 Å². The molecule has 21 heavy (non-hydrogen) atoms. The number of nitrogens with one attached hydrogen (secondary N) is 1. The molecule has 0 radical (unpaired) electrons. The standard InChI is InChI=1S/C18H19NO2/c1-2-13-21-17-10-6-9-16(14-17)19-18(20)12-11-15-7-4-3-5-8-15/h2-10,14H,1,11-13H2,(H,19,20). The molecule has 0 saturated carbocycles. The number of carbonyl (C=O) groups excluding carboxylic acids is 1. The minimum atomic E-state index is -0.000256. The Kier molecular flexibility index (Phi) is 5.59. The molecule has 0 atom stereocenters. The molecule has 0 heterocycles. The first kappa shape index (κ1) is 14.9. The van der Waals surface area contributed by atoms with Crippen LogP contribution in [0.5, 0.6) is 5.75 Å². The largest absolute Gasteiger partial charge is 0.489 e. The third-order valence-electron chi connectivity index (χ3n) is 2.97. The minimum absolute atomic E-state index is 0.000256. The third-order valence-corrected chi connectivity index (χ3v) is 2.97. The Hall–Kier alpha value is -2.55. The quantitative estimate of drug-likeness (QED) is 0.783. The van der Waals surface area contributed by atoms with E-state index in [4.69, 9.17) is 4.74 Å². The number of hydrogen-bond acceptors (Lipinski definition) is 2. The molecule has 0 bridgehead atoms. The molecule has 0 aliphatic rings. The Labute approximate surface area is 125 Å². The van der Waals surface area contributed by atoms with E-state index in [1.807, 2.05) is 54.6 Å². The molecule has 0 saturated heterocycles. The number of rotatable bonds is 7. The van der Waals surface area contributed by atoms with Crippen LogP contribution in [0.1, 0.15) is 12.0 Å². The van der Waals surface area contributed by atoms with E-state index in [2.05, 4.69) is 11.9 Å². The summed E-state index contributed by atoms with van der Waals surface area (Å²) in [6.07, 6.45) is 2.88. The van der Waals surface area contributed by atoms with Gasteiger partial charge in [0.1, 0.15) is 12.4 Å². The maximum atomic E-state index is 11.9. The van der Waals surface area contributed by atoms with E-state index in [1.165, 1.54) is 0 Å². The van der Waals surface area contributed by atoms with Gasteiger partial charge in [0, 0.05) is 18.2 Å². The molecule has 2 rings (SSSR count). The number of amides is 1. The molecular weight excluding hydrogens is 262 g/mol. The van der Waals surface area contributed by atoms with Gasteiger partial charge in [-0.1, -0.05) is 49.1 Å². The van der Waals surface area contributed by atoms with E-state index >= 15 is 0 Å². The first-order chi connectivity index (χ1) is 10.3. The average Bonchev–Trinajstić information content (AvgIpc) is 2.52. The van der Waals surface area contributed by atoms with E-state index in [0.29, 0.717) is 13.0 Å². The maximum absolute atomic E-state index is 11.9. The number of carbonyl (C=O) groups is 1. The van der Waals surface area contributed by atoms with Crippen LogP contribution >= 0.6 is 0 Å². The second-order valence-electron chi connectivity index (χ2n) is 4.66. The van der Waals surface area contributed by atoms with Crippen LogP contribution in [0.15, 0.2) is 67.3 Å². The van der Waals surface area contributed by atoms with Crippen LogP contribution in [0, 0.1) is 0 Å². The van der Waals surface area contributed by atoms with Gasteiger partial charge in [-0.25, -0.2) is 0 Å². The van der Waals surface area contributed by atoms with E-state index in [1.54, 1.807) is 6.08 Å². The summed E-state index contributed by atoms with van der Waals surface area (Å²) in [6, 6.07) is 17.3. The summed E-state index contributed by atoms with van der Waals surface area (Å²) >= 11 is 0. The SMILES string of the molecule is C=CCOc1cccc(NC(=O)CCc2ccccc2)c1. The van der Waals surface area contributed by atoms with Crippen LogP contribution < -0.4 is 10.1 Å². The molecule has 0 fully saturated rings. The summed E-state index contributed by atoms with van der Waals surface area (Å²) in [5, 5.41) is 2.88. The van der Waals surface area contributed by atoms with E-state index in [-0.39, 0.29) is 5.91 Å². The van der Waals surface area contributed by atoms with E-state index < -0.39 is 0 Å². The predicted octanol–water partition coefficient (Wildman–Crippen LogP) is 3.82. The maximum Gasteiger partial charge on any atom is 0.224 e. The topological polar surface area (TPSA) is 38.3 Å². The number of hydrogen-bond donors (Lipinski definition) is 1. The Bertz CT molecular complexity index is 593. The van der Waals surface area contributed by atoms with Crippen molar-refractivity contribution in [2.24, 2.45) is 0 Å². The normalized spacial score (nSPS) is 9.90. The molecule has 0 spiro atoms. The van der Waals surface area contributed by atoms with Crippen molar-refractivity contribution in [1.29, 1.82) is 0 Å². The molecule has 2 aromatic rings. The van der Waals surface area contributed by atoms with Crippen LogP contribution in [0.25, 0.3) is 0 Å². The van der Waals surface area contributed by atoms with Gasteiger partial charge in [-0.3, -0.25) is 4.79 Å². The van der Waals surface area contributed by atoms with Gasteiger partial charge in [0.2, 0.25) is 5.91 Å². The molecule has 0 aromatic heterocycles. The van der Waals surface area contributed by atoms with Crippen LogP contribution in [0.3, 0.4) is 0 Å². The molecule has 0 aliphatic carbocycles. The zero-order valence-corrected chi connectivity index (χ0v) is 11.9. The van der Waals surface area contributed by atoms with Crippen molar-refractivity contribution >= 4 is 11.6 Å². The number of aryl methyl sites for hydroxylation is 1. The highest BCUT2D eigenvalue weighted by Gasteiger charge is 2.04. The molecular formula is C18H19NO2. The second kappa shape index (κ2) is 7.90. The van der Waals surface area contributed by atoms with Gasteiger partial charge < -0.3 is 10.1 Å². The molecule has 0 unspecified atom stereocenters. The summed E-state index contributed by atoms with van der Waals surface area (Å²) < 4.78 is 5.44. The summed E-state index contributed by atoms with van der Waals surface area (Å²) in [6.45, 7) is 4.05. The summed E-state index contributed by atoms with van der Waals surface area (Å²) in [7, 11) is 0. The Morgan fingerprint density at radius 3 is 2.71 bits per heavy atom. The first-order valence-electron chi connectivity index (χ1n) is 6.95. The van der Waals surface area contributed by atoms with Crippen molar-refractivity contribution in [3.63, 3.8) is 0 Å². The lowest BCUT2D eigenvalue weighted by atomic mass is 10.1. The average molecular weight is 281 g/mol. The Balaban J connectivity index is 1.86. The van der Waals surface area contributed by atoms with Crippen molar-refractivity contribution in [1.82, 2.24) is 0 Å². The van der Waals surface area contributed by atoms with Crippen molar-refractivity contribution in [2.45, 2.75) is 12.8 Å². The lowest BCUT2D eigenvalue weighted by Crippen LogP contribution is -2.12. The fourth-order valence-corrected chi connectivity index (χ4v) is 1.94. The highest BCUT2D eigenvalue weighted by atomic mass is 16.5. The molecule has 3 nitrogen and oxygen atoms in total. The Morgan fingerprint density at radius 1 is 1.14 bits per heavy atom. The van der Waals surface area contributed by atoms with Gasteiger partial charge in [0.15, 0.2) is 0 Å². The summed E-state index contributed by atoms with van der Waals surface area (Å²) in [5.41, 5.74) is 1.91. The first-order valence-corrected chi connectivity index (χ1v) is 6.95. The predicted molar refractivity (Wildman–Crippen MR) is 85.5 cm³/mol. The van der Waals surface area contributed by atoms with Gasteiger partial charge in [0.25, 0.3) is 0 Å². The van der Waals surface area contributed by atoms with Gasteiger partial charge in [-0.05, 0) is 24.1 Å². The molecule has 1 N–H and O–H groups in total. The van der Waals surface area contributed by atoms with E-state index in [0.717, 1.165) is 23.4 Å². The molecule has 0 aliphatic heterocycles. The highest BCUT2D eigenvalue weighted by Crippen LogP contribution is 2.17. The molecule has 2 aromatic carbocycles. The van der Waals surface area contributed by atoms with Crippen LogP contribution in [-0.2, 0) is 11.2 Å². The lowest BCUT2D eigenvalue weighted by Gasteiger charge is -2.08. The van der Waals surface area contributed by atoms with Crippen molar-refractivity contribution in [3.8, 4) is 5.75 Å². The van der Waals surface area contributed by atoms with E-state index in [9.17, 15) is 4.79 Å². The third kappa shape index (κ3) is 5.15. The van der Waals surface area contributed by atoms with Gasteiger partial charge in [-0.2, -0.15) is 0 Å². The highest BCUT2D eigenvalue weighted by molar-refractivity contribution is 5.91. The van der Waals surface area contributed by atoms with Crippen LogP contribution in [-0.4, -0.2) is 12.5 Å². The Morgan fingerprint density at radius 2 is 1.95 bits per heavy atom. The fourth-order valence-electron chi connectivity index (χ4n) is 1.94. The number of benzene rings is 2. The van der Waals surface area contributed by atoms with Gasteiger partial charge >= 0.3 is 0 Å². The molecule has 108 valence electrons. The molecule has 3 heteroatoms. The van der Waals surface area contributed by atoms with Crippen molar-refractivity contribution in [2.75, 3.05) is 11.9 Å². The van der Waals surface area contributed by atoms with Crippen LogP contribution in [0.2, 0.25) is 0 Å². The lowest BCUT2D eigenvalue weighted by molar-refractivity contribution is -0.116. The minimum Gasteiger partial charge on any atom is -0.489 e. The van der Waals surface area contributed by atoms with Crippen LogP contribution in [0.4, 0.5) is 5.69 Å². The van der Waals surface area contributed by atoms with Crippen molar-refractivity contribution < 1.29 is 9.53 Å². The summed E-state index contributed by atoms with van der Waals surface area (Å²) in [4.78, 5) is 11.9. The number of ether oxygens (including phenoxy) is 1.